The van der Waals surface area contributed by atoms with Crippen LogP contribution < -0.4 is 5.32 Å². The van der Waals surface area contributed by atoms with E-state index in [1.165, 1.54) is 11.0 Å². The van der Waals surface area contributed by atoms with Crippen LogP contribution in [-0.2, 0) is 26.6 Å². The third-order valence-electron chi connectivity index (χ3n) is 7.42. The van der Waals surface area contributed by atoms with E-state index in [1.54, 1.807) is 43.9 Å². The van der Waals surface area contributed by atoms with Gasteiger partial charge in [0.1, 0.15) is 5.60 Å². The number of rotatable bonds is 7. The fraction of sp³-hybridized carbons (Fsp3) is 0.500. The largest absolute Gasteiger partial charge is 0.444 e. The molecule has 0 aromatic heterocycles. The van der Waals surface area contributed by atoms with Crippen LogP contribution in [0.1, 0.15) is 50.3 Å². The maximum Gasteiger partial charge on any atom is 0.418 e. The fourth-order valence-corrected chi connectivity index (χ4v) is 6.21. The van der Waals surface area contributed by atoms with E-state index in [2.05, 4.69) is 5.32 Å². The van der Waals surface area contributed by atoms with E-state index in [-0.39, 0.29) is 38.3 Å². The number of likely N-dealkylation sites (tertiary alicyclic amines) is 1. The molecular formula is C32H37F6N3O4S. The van der Waals surface area contributed by atoms with Crippen LogP contribution in [0.3, 0.4) is 0 Å². The molecule has 252 valence electrons. The number of carbonyl (C=O) groups excluding carboxylic acids is 2. The molecular weight excluding hydrogens is 636 g/mol. The lowest BCUT2D eigenvalue weighted by Crippen LogP contribution is -2.42. The van der Waals surface area contributed by atoms with Crippen LogP contribution in [0.15, 0.2) is 52.3 Å². The number of carbonyl (C=O) groups is 2. The highest BCUT2D eigenvalue weighted by Crippen LogP contribution is 2.48. The number of benzene rings is 2. The lowest BCUT2D eigenvalue weighted by Gasteiger charge is -2.33. The standard InChI is InChI=1S/C32H37F6N3O4S/c1-30(2,3)45-29(43)41-13-11-21(12-14-41)20-39-23-5-4-6-24(19-23)46-25-9-7-22(8-10-26(42)40-15-17-44-18-16-40)27(31(33,34)35)28(25)32(36,37)38/h4-10,19,21,39H,11-18,20H2,1-3H3. The second kappa shape index (κ2) is 14.6. The van der Waals surface area contributed by atoms with Gasteiger partial charge in [-0.15, -0.1) is 0 Å². The highest BCUT2D eigenvalue weighted by Gasteiger charge is 2.46. The number of halogens is 6. The highest BCUT2D eigenvalue weighted by molar-refractivity contribution is 7.99. The smallest absolute Gasteiger partial charge is 0.418 e. The Balaban J connectivity index is 1.48. The molecule has 2 aliphatic heterocycles. The van der Waals surface area contributed by atoms with Crippen molar-refractivity contribution in [2.75, 3.05) is 51.3 Å². The van der Waals surface area contributed by atoms with Crippen LogP contribution >= 0.6 is 11.8 Å². The Bertz CT molecular complexity index is 1410. The van der Waals surface area contributed by atoms with E-state index in [1.807, 2.05) is 0 Å². The average Bonchev–Trinajstić information content (AvgIpc) is 2.98. The van der Waals surface area contributed by atoms with Crippen molar-refractivity contribution in [3.8, 4) is 0 Å². The molecule has 0 atom stereocenters. The number of morpholine rings is 1. The second-order valence-electron chi connectivity index (χ2n) is 12.1. The monoisotopic (exact) mass is 673 g/mol. The molecule has 2 aromatic carbocycles. The minimum Gasteiger partial charge on any atom is -0.444 e. The zero-order valence-electron chi connectivity index (χ0n) is 25.8. The molecule has 0 radical (unpaired) electrons. The summed E-state index contributed by atoms with van der Waals surface area (Å²) < 4.78 is 96.2. The third-order valence-corrected chi connectivity index (χ3v) is 8.47. The topological polar surface area (TPSA) is 71.1 Å². The van der Waals surface area contributed by atoms with Crippen molar-refractivity contribution >= 4 is 35.5 Å². The lowest BCUT2D eigenvalue weighted by molar-refractivity contribution is -0.163. The van der Waals surface area contributed by atoms with Crippen molar-refractivity contribution in [1.29, 1.82) is 0 Å². The number of hydrogen-bond donors (Lipinski definition) is 1. The number of amides is 2. The number of nitrogens with one attached hydrogen (secondary N) is 1. The molecule has 2 aromatic rings. The van der Waals surface area contributed by atoms with Crippen molar-refractivity contribution in [3.05, 3.63) is 59.2 Å². The van der Waals surface area contributed by atoms with Gasteiger partial charge in [-0.2, -0.15) is 26.3 Å². The van der Waals surface area contributed by atoms with Crippen molar-refractivity contribution in [1.82, 2.24) is 9.80 Å². The third kappa shape index (κ3) is 9.81. The maximum absolute atomic E-state index is 14.3. The van der Waals surface area contributed by atoms with Gasteiger partial charge in [0.25, 0.3) is 0 Å². The van der Waals surface area contributed by atoms with Crippen LogP contribution in [0.5, 0.6) is 0 Å². The Morgan fingerprint density at radius 2 is 1.59 bits per heavy atom. The summed E-state index contributed by atoms with van der Waals surface area (Å²) in [5.41, 5.74) is -4.38. The SMILES string of the molecule is CC(C)(C)OC(=O)N1CCC(CNc2cccc(Sc3ccc(C=CC(=O)N4CCOCC4)c(C(F)(F)F)c3C(F)(F)F)c2)CC1. The number of piperidine rings is 1. The van der Waals surface area contributed by atoms with Gasteiger partial charge in [-0.05, 0) is 75.4 Å². The minimum absolute atomic E-state index is 0.233. The van der Waals surface area contributed by atoms with Gasteiger partial charge >= 0.3 is 18.4 Å². The first-order valence-electron chi connectivity index (χ1n) is 14.9. The van der Waals surface area contributed by atoms with E-state index in [9.17, 15) is 35.9 Å². The van der Waals surface area contributed by atoms with Gasteiger partial charge in [0.15, 0.2) is 0 Å². The predicted molar refractivity (Wildman–Crippen MR) is 162 cm³/mol. The summed E-state index contributed by atoms with van der Waals surface area (Å²) in [6.07, 6.45) is -7.92. The fourth-order valence-electron chi connectivity index (χ4n) is 5.17. The normalized spacial score (nSPS) is 17.0. The molecule has 0 aliphatic carbocycles. The zero-order chi connectivity index (χ0) is 33.7. The first-order chi connectivity index (χ1) is 21.5. The van der Waals surface area contributed by atoms with Gasteiger partial charge in [-0.3, -0.25) is 4.79 Å². The summed E-state index contributed by atoms with van der Waals surface area (Å²) in [6, 6.07) is 8.41. The van der Waals surface area contributed by atoms with Gasteiger partial charge in [0, 0.05) is 54.3 Å². The number of alkyl halides is 6. The molecule has 46 heavy (non-hydrogen) atoms. The number of ether oxygens (including phenoxy) is 2. The Morgan fingerprint density at radius 1 is 0.935 bits per heavy atom. The predicted octanol–water partition coefficient (Wildman–Crippen LogP) is 7.81. The molecule has 1 N–H and O–H groups in total. The van der Waals surface area contributed by atoms with Crippen LogP contribution in [0.25, 0.3) is 6.08 Å². The molecule has 4 rings (SSSR count). The molecule has 7 nitrogen and oxygen atoms in total. The number of anilines is 1. The van der Waals surface area contributed by atoms with Crippen LogP contribution in [0, 0.1) is 5.92 Å². The van der Waals surface area contributed by atoms with Gasteiger partial charge in [-0.25, -0.2) is 4.79 Å². The number of nitrogens with zero attached hydrogens (tertiary/aromatic N) is 2. The Kier molecular flexibility index (Phi) is 11.2. The molecule has 14 heteroatoms. The maximum atomic E-state index is 14.3. The van der Waals surface area contributed by atoms with Gasteiger partial charge in [0.2, 0.25) is 5.91 Å². The molecule has 0 spiro atoms. The second-order valence-corrected chi connectivity index (χ2v) is 13.2. The van der Waals surface area contributed by atoms with Gasteiger partial charge in [-0.1, -0.05) is 23.9 Å². The molecule has 2 amide bonds. The molecule has 2 aliphatic rings. The van der Waals surface area contributed by atoms with Crippen LogP contribution in [-0.4, -0.2) is 73.3 Å². The molecule has 0 bridgehead atoms. The van der Waals surface area contributed by atoms with E-state index < -0.39 is 45.4 Å². The summed E-state index contributed by atoms with van der Waals surface area (Å²) in [4.78, 5) is 27.5. The summed E-state index contributed by atoms with van der Waals surface area (Å²) in [7, 11) is 0. The quantitative estimate of drug-likeness (QED) is 0.239. The molecule has 0 saturated carbocycles. The summed E-state index contributed by atoms with van der Waals surface area (Å²) in [5.74, 6) is -0.377. The Hall–Kier alpha value is -3.39. The first kappa shape index (κ1) is 35.5. The number of hydrogen-bond acceptors (Lipinski definition) is 6. The molecule has 0 unspecified atom stereocenters. The molecule has 2 fully saturated rings. The van der Waals surface area contributed by atoms with Crippen molar-refractivity contribution in [2.45, 2.75) is 61.4 Å². The summed E-state index contributed by atoms with van der Waals surface area (Å²) in [6.45, 7) is 8.03. The van der Waals surface area contributed by atoms with Crippen molar-refractivity contribution < 1.29 is 45.4 Å². The minimum atomic E-state index is -5.34. The van der Waals surface area contributed by atoms with Crippen molar-refractivity contribution in [2.24, 2.45) is 5.92 Å². The van der Waals surface area contributed by atoms with Gasteiger partial charge < -0.3 is 24.6 Å². The lowest BCUT2D eigenvalue weighted by atomic mass is 9.97. The van der Waals surface area contributed by atoms with E-state index in [0.717, 1.165) is 37.1 Å². The molecule has 2 heterocycles. The van der Waals surface area contributed by atoms with Gasteiger partial charge in [0.05, 0.1) is 24.3 Å². The zero-order valence-corrected chi connectivity index (χ0v) is 26.6. The molecule has 2 saturated heterocycles. The van der Waals surface area contributed by atoms with E-state index >= 15 is 0 Å². The van der Waals surface area contributed by atoms with Crippen LogP contribution in [0.2, 0.25) is 0 Å². The highest BCUT2D eigenvalue weighted by atomic mass is 32.2. The Labute approximate surface area is 268 Å². The average molecular weight is 674 g/mol. The van der Waals surface area contributed by atoms with Crippen LogP contribution in [0.4, 0.5) is 36.8 Å². The van der Waals surface area contributed by atoms with Crippen molar-refractivity contribution in [3.63, 3.8) is 0 Å². The summed E-state index contributed by atoms with van der Waals surface area (Å²) >= 11 is 0.579. The van der Waals surface area contributed by atoms with E-state index in [4.69, 9.17) is 9.47 Å². The summed E-state index contributed by atoms with van der Waals surface area (Å²) in [5, 5.41) is 3.26. The Morgan fingerprint density at radius 3 is 2.20 bits per heavy atom. The van der Waals surface area contributed by atoms with E-state index in [0.29, 0.717) is 42.0 Å². The first-order valence-corrected chi connectivity index (χ1v) is 15.7.